The standard InChI is InChI=1S/C13H21N3O/c1-14-13(11-17)5-2-8-16(10-13)9-12-3-6-15-7-4-12/h3-4,6-7,14,17H,2,5,8-11H2,1H3. The molecule has 1 aliphatic heterocycles. The van der Waals surface area contributed by atoms with Crippen molar-refractivity contribution < 1.29 is 5.11 Å². The van der Waals surface area contributed by atoms with Gasteiger partial charge in [-0.3, -0.25) is 9.88 Å². The molecule has 94 valence electrons. The Bertz CT molecular complexity index is 338. The number of likely N-dealkylation sites (N-methyl/N-ethyl adjacent to an activating group) is 1. The Balaban J connectivity index is 1.98. The van der Waals surface area contributed by atoms with Crippen molar-refractivity contribution in [3.63, 3.8) is 0 Å². The van der Waals surface area contributed by atoms with Crippen molar-refractivity contribution in [2.45, 2.75) is 24.9 Å². The van der Waals surface area contributed by atoms with Crippen LogP contribution >= 0.6 is 0 Å². The Morgan fingerprint density at radius 2 is 2.24 bits per heavy atom. The lowest BCUT2D eigenvalue weighted by Crippen LogP contribution is -2.57. The van der Waals surface area contributed by atoms with E-state index in [2.05, 4.69) is 27.3 Å². The predicted molar refractivity (Wildman–Crippen MR) is 67.6 cm³/mol. The highest BCUT2D eigenvalue weighted by atomic mass is 16.3. The van der Waals surface area contributed by atoms with Gasteiger partial charge in [0.1, 0.15) is 0 Å². The molecule has 1 aromatic heterocycles. The highest BCUT2D eigenvalue weighted by Crippen LogP contribution is 2.21. The number of aliphatic hydroxyl groups excluding tert-OH is 1. The third kappa shape index (κ3) is 3.03. The quantitative estimate of drug-likeness (QED) is 0.803. The highest BCUT2D eigenvalue weighted by molar-refractivity contribution is 5.10. The van der Waals surface area contributed by atoms with Crippen molar-refractivity contribution in [3.8, 4) is 0 Å². The summed E-state index contributed by atoms with van der Waals surface area (Å²) in [5.41, 5.74) is 1.16. The van der Waals surface area contributed by atoms with E-state index in [0.717, 1.165) is 32.5 Å². The van der Waals surface area contributed by atoms with Crippen LogP contribution in [0.15, 0.2) is 24.5 Å². The molecular formula is C13H21N3O. The summed E-state index contributed by atoms with van der Waals surface area (Å²) < 4.78 is 0. The molecule has 2 heterocycles. The molecule has 1 unspecified atom stereocenters. The molecule has 1 atom stereocenters. The van der Waals surface area contributed by atoms with Crippen molar-refractivity contribution in [3.05, 3.63) is 30.1 Å². The normalized spacial score (nSPS) is 26.0. The lowest BCUT2D eigenvalue weighted by atomic mass is 9.90. The Labute approximate surface area is 103 Å². The van der Waals surface area contributed by atoms with E-state index in [0.29, 0.717) is 0 Å². The van der Waals surface area contributed by atoms with E-state index < -0.39 is 0 Å². The number of nitrogens with zero attached hydrogens (tertiary/aromatic N) is 2. The summed E-state index contributed by atoms with van der Waals surface area (Å²) in [6.45, 7) is 3.15. The van der Waals surface area contributed by atoms with Crippen molar-refractivity contribution in [2.75, 3.05) is 26.7 Å². The Morgan fingerprint density at radius 1 is 1.47 bits per heavy atom. The fourth-order valence-electron chi connectivity index (χ4n) is 2.52. The van der Waals surface area contributed by atoms with Gasteiger partial charge in [0.15, 0.2) is 0 Å². The first kappa shape index (κ1) is 12.5. The zero-order valence-corrected chi connectivity index (χ0v) is 10.4. The zero-order valence-electron chi connectivity index (χ0n) is 10.4. The average molecular weight is 235 g/mol. The number of pyridine rings is 1. The molecule has 1 aliphatic rings. The molecule has 0 amide bonds. The summed E-state index contributed by atoms with van der Waals surface area (Å²) in [7, 11) is 1.94. The van der Waals surface area contributed by atoms with Crippen molar-refractivity contribution in [2.24, 2.45) is 0 Å². The number of aromatic nitrogens is 1. The van der Waals surface area contributed by atoms with E-state index in [9.17, 15) is 5.11 Å². The summed E-state index contributed by atoms with van der Waals surface area (Å²) in [5, 5.41) is 12.8. The van der Waals surface area contributed by atoms with E-state index in [4.69, 9.17) is 0 Å². The minimum absolute atomic E-state index is 0.120. The van der Waals surface area contributed by atoms with Crippen molar-refractivity contribution >= 4 is 0 Å². The summed E-state index contributed by atoms with van der Waals surface area (Å²) in [5.74, 6) is 0. The number of nitrogens with one attached hydrogen (secondary N) is 1. The third-order valence-electron chi connectivity index (χ3n) is 3.64. The van der Waals surface area contributed by atoms with Gasteiger partial charge in [-0.1, -0.05) is 0 Å². The number of rotatable bonds is 4. The van der Waals surface area contributed by atoms with Crippen LogP contribution in [0.25, 0.3) is 0 Å². The maximum atomic E-state index is 9.53. The van der Waals surface area contributed by atoms with Gasteiger partial charge < -0.3 is 10.4 Å². The Morgan fingerprint density at radius 3 is 2.88 bits per heavy atom. The van der Waals surface area contributed by atoms with Crippen LogP contribution in [-0.2, 0) is 6.54 Å². The third-order valence-corrected chi connectivity index (χ3v) is 3.64. The summed E-state index contributed by atoms with van der Waals surface area (Å²) in [6, 6.07) is 4.10. The van der Waals surface area contributed by atoms with Gasteiger partial charge in [0.05, 0.1) is 12.1 Å². The first-order chi connectivity index (χ1) is 8.28. The Kier molecular flexibility index (Phi) is 4.10. The highest BCUT2D eigenvalue weighted by Gasteiger charge is 2.33. The molecule has 1 saturated heterocycles. The molecule has 4 heteroatoms. The largest absolute Gasteiger partial charge is 0.394 e. The molecule has 17 heavy (non-hydrogen) atoms. The van der Waals surface area contributed by atoms with Gasteiger partial charge in [-0.05, 0) is 44.1 Å². The minimum Gasteiger partial charge on any atom is -0.394 e. The molecule has 0 saturated carbocycles. The van der Waals surface area contributed by atoms with Crippen LogP contribution in [0.1, 0.15) is 18.4 Å². The molecule has 0 aliphatic carbocycles. The van der Waals surface area contributed by atoms with Gasteiger partial charge >= 0.3 is 0 Å². The smallest absolute Gasteiger partial charge is 0.0625 e. The van der Waals surface area contributed by atoms with Gasteiger partial charge in [0, 0.05) is 25.5 Å². The molecule has 2 N–H and O–H groups in total. The molecule has 0 aromatic carbocycles. The number of hydrogen-bond donors (Lipinski definition) is 2. The molecule has 2 rings (SSSR count). The first-order valence-electron chi connectivity index (χ1n) is 6.19. The average Bonchev–Trinajstić information content (AvgIpc) is 2.40. The van der Waals surface area contributed by atoms with E-state index in [1.807, 2.05) is 19.4 Å². The predicted octanol–water partition coefficient (Wildman–Crippen LogP) is 0.628. The van der Waals surface area contributed by atoms with E-state index in [1.54, 1.807) is 0 Å². The van der Waals surface area contributed by atoms with Crippen molar-refractivity contribution in [1.82, 2.24) is 15.2 Å². The molecule has 0 spiro atoms. The molecule has 1 fully saturated rings. The van der Waals surface area contributed by atoms with Crippen LogP contribution in [0.3, 0.4) is 0 Å². The minimum atomic E-state index is -0.120. The number of piperidine rings is 1. The van der Waals surface area contributed by atoms with Gasteiger partial charge in [-0.25, -0.2) is 0 Å². The fraction of sp³-hybridized carbons (Fsp3) is 0.615. The second kappa shape index (κ2) is 5.58. The van der Waals surface area contributed by atoms with E-state index >= 15 is 0 Å². The van der Waals surface area contributed by atoms with Gasteiger partial charge in [-0.15, -0.1) is 0 Å². The number of hydrogen-bond acceptors (Lipinski definition) is 4. The van der Waals surface area contributed by atoms with Crippen molar-refractivity contribution in [1.29, 1.82) is 0 Å². The van der Waals surface area contributed by atoms with Crippen LogP contribution in [-0.4, -0.2) is 47.3 Å². The molecule has 0 radical (unpaired) electrons. The monoisotopic (exact) mass is 235 g/mol. The topological polar surface area (TPSA) is 48.4 Å². The lowest BCUT2D eigenvalue weighted by Gasteiger charge is -2.41. The van der Waals surface area contributed by atoms with Gasteiger partial charge in [0.25, 0.3) is 0 Å². The van der Waals surface area contributed by atoms with E-state index in [-0.39, 0.29) is 12.1 Å². The summed E-state index contributed by atoms with van der Waals surface area (Å²) >= 11 is 0. The lowest BCUT2D eigenvalue weighted by molar-refractivity contribution is 0.0690. The summed E-state index contributed by atoms with van der Waals surface area (Å²) in [6.07, 6.45) is 5.84. The van der Waals surface area contributed by atoms with Crippen LogP contribution in [0.5, 0.6) is 0 Å². The summed E-state index contributed by atoms with van der Waals surface area (Å²) in [4.78, 5) is 6.42. The van der Waals surface area contributed by atoms with Crippen LogP contribution < -0.4 is 5.32 Å². The van der Waals surface area contributed by atoms with Crippen LogP contribution in [0, 0.1) is 0 Å². The van der Waals surface area contributed by atoms with Gasteiger partial charge in [-0.2, -0.15) is 0 Å². The van der Waals surface area contributed by atoms with E-state index in [1.165, 1.54) is 5.56 Å². The van der Waals surface area contributed by atoms with Crippen LogP contribution in [0.4, 0.5) is 0 Å². The van der Waals surface area contributed by atoms with Gasteiger partial charge in [0.2, 0.25) is 0 Å². The second-order valence-corrected chi connectivity index (χ2v) is 4.86. The SMILES string of the molecule is CNC1(CO)CCCN(Cc2ccncc2)C1. The molecular weight excluding hydrogens is 214 g/mol. The second-order valence-electron chi connectivity index (χ2n) is 4.86. The zero-order chi connectivity index (χ0) is 12.1. The Hall–Kier alpha value is -0.970. The molecule has 4 nitrogen and oxygen atoms in total. The maximum absolute atomic E-state index is 9.53. The fourth-order valence-corrected chi connectivity index (χ4v) is 2.52. The number of aliphatic hydroxyl groups is 1. The molecule has 0 bridgehead atoms. The van der Waals surface area contributed by atoms with Crippen LogP contribution in [0.2, 0.25) is 0 Å². The maximum Gasteiger partial charge on any atom is 0.0625 e. The number of likely N-dealkylation sites (tertiary alicyclic amines) is 1. The first-order valence-corrected chi connectivity index (χ1v) is 6.19. The molecule has 1 aromatic rings.